The van der Waals surface area contributed by atoms with Crippen LogP contribution >= 0.6 is 11.6 Å². The maximum Gasteiger partial charge on any atom is 0.338 e. The van der Waals surface area contributed by atoms with Gasteiger partial charge in [0.05, 0.1) is 12.1 Å². The Kier molecular flexibility index (Phi) is 7.06. The molecule has 2 aromatic heterocycles. The second kappa shape index (κ2) is 9.92. The molecule has 3 aromatic rings. The Labute approximate surface area is 187 Å². The van der Waals surface area contributed by atoms with Crippen molar-refractivity contribution in [1.29, 1.82) is 0 Å². The second-order valence-corrected chi connectivity index (χ2v) is 7.03. The molecule has 1 amide bonds. The van der Waals surface area contributed by atoms with E-state index in [1.54, 1.807) is 31.2 Å². The maximum absolute atomic E-state index is 12.8. The minimum Gasteiger partial charge on any atom is -0.452 e. The molecule has 1 aromatic carbocycles. The lowest BCUT2D eigenvalue weighted by atomic mass is 10.2. The molecule has 11 heteroatoms. The number of hydrogen-bond acceptors (Lipinski definition) is 7. The van der Waals surface area contributed by atoms with Gasteiger partial charge in [0, 0.05) is 12.7 Å². The molecule has 0 radical (unpaired) electrons. The van der Waals surface area contributed by atoms with E-state index in [0.29, 0.717) is 0 Å². The molecular weight excluding hydrogens is 438 g/mol. The Morgan fingerprint density at radius 1 is 1.22 bits per heavy atom. The zero-order valence-corrected chi connectivity index (χ0v) is 17.8. The van der Waals surface area contributed by atoms with Crippen molar-refractivity contribution >= 4 is 35.0 Å². The smallest absolute Gasteiger partial charge is 0.338 e. The summed E-state index contributed by atoms with van der Waals surface area (Å²) < 4.78 is 6.20. The zero-order valence-electron chi connectivity index (χ0n) is 17.1. The summed E-state index contributed by atoms with van der Waals surface area (Å²) >= 11 is 5.75. The van der Waals surface area contributed by atoms with E-state index < -0.39 is 29.7 Å². The van der Waals surface area contributed by atoms with E-state index >= 15 is 0 Å². The van der Waals surface area contributed by atoms with Gasteiger partial charge in [-0.2, -0.15) is 0 Å². The van der Waals surface area contributed by atoms with Gasteiger partial charge in [0.15, 0.2) is 12.3 Å². The van der Waals surface area contributed by atoms with Gasteiger partial charge in [-0.1, -0.05) is 41.9 Å². The Morgan fingerprint density at radius 2 is 1.94 bits per heavy atom. The largest absolute Gasteiger partial charge is 0.452 e. The second-order valence-electron chi connectivity index (χ2n) is 6.65. The molecule has 0 atom stereocenters. The lowest BCUT2D eigenvalue weighted by Gasteiger charge is -2.23. The number of aromatic amines is 1. The highest BCUT2D eigenvalue weighted by molar-refractivity contribution is 6.29. The van der Waals surface area contributed by atoms with Crippen LogP contribution in [0.4, 0.5) is 11.5 Å². The molecule has 0 unspecified atom stereocenters. The first kappa shape index (κ1) is 22.8. The molecule has 2 heterocycles. The average Bonchev–Trinajstić information content (AvgIpc) is 2.78. The standard InChI is InChI=1S/C21H20ClN5O5/c1-2-26(16(28)12-32-20(30)14-8-9-24-15(22)10-14)17-18(23)27(21(31)25-19(17)29)11-13-6-4-3-5-7-13/h3-10H,2,11-12,23H2,1H3,(H,25,29,31). The Bertz CT molecular complexity index is 1260. The maximum atomic E-state index is 12.8. The molecule has 3 rings (SSSR count). The first-order chi connectivity index (χ1) is 15.3. The van der Waals surface area contributed by atoms with E-state index in [-0.39, 0.29) is 35.3 Å². The third kappa shape index (κ3) is 5.03. The highest BCUT2D eigenvalue weighted by Crippen LogP contribution is 2.18. The van der Waals surface area contributed by atoms with Crippen LogP contribution in [0, 0.1) is 0 Å². The van der Waals surface area contributed by atoms with Gasteiger partial charge in [-0.05, 0) is 24.6 Å². The van der Waals surface area contributed by atoms with Crippen LogP contribution in [0.15, 0.2) is 58.3 Å². The summed E-state index contributed by atoms with van der Waals surface area (Å²) in [5, 5.41) is 0.0981. The number of nitrogen functional groups attached to an aromatic ring is 1. The van der Waals surface area contributed by atoms with Crippen molar-refractivity contribution < 1.29 is 14.3 Å². The fraction of sp³-hybridized carbons (Fsp3) is 0.190. The molecule has 0 fully saturated rings. The predicted molar refractivity (Wildman–Crippen MR) is 119 cm³/mol. The third-order valence-electron chi connectivity index (χ3n) is 4.57. The van der Waals surface area contributed by atoms with E-state index in [9.17, 15) is 19.2 Å². The minimum absolute atomic E-state index is 0.0499. The molecule has 10 nitrogen and oxygen atoms in total. The summed E-state index contributed by atoms with van der Waals surface area (Å²) in [6.45, 7) is 1.12. The molecule has 0 aliphatic carbocycles. The Hall–Kier alpha value is -3.92. The molecule has 0 aliphatic rings. The molecule has 0 bridgehead atoms. The number of hydrogen-bond donors (Lipinski definition) is 2. The van der Waals surface area contributed by atoms with Crippen LogP contribution in [0.2, 0.25) is 5.15 Å². The number of nitrogens with one attached hydrogen (secondary N) is 1. The van der Waals surface area contributed by atoms with E-state index in [4.69, 9.17) is 22.1 Å². The van der Waals surface area contributed by atoms with Gasteiger partial charge in [-0.3, -0.25) is 19.1 Å². The van der Waals surface area contributed by atoms with Gasteiger partial charge >= 0.3 is 11.7 Å². The van der Waals surface area contributed by atoms with Crippen molar-refractivity contribution in [3.63, 3.8) is 0 Å². The number of rotatable bonds is 7. The molecule has 0 saturated carbocycles. The van der Waals surface area contributed by atoms with Gasteiger partial charge in [0.1, 0.15) is 11.0 Å². The first-order valence-electron chi connectivity index (χ1n) is 9.57. The van der Waals surface area contributed by atoms with Gasteiger partial charge < -0.3 is 15.4 Å². The van der Waals surface area contributed by atoms with Crippen molar-refractivity contribution in [1.82, 2.24) is 14.5 Å². The lowest BCUT2D eigenvalue weighted by Crippen LogP contribution is -2.42. The number of pyridine rings is 1. The summed E-state index contributed by atoms with van der Waals surface area (Å²) in [5.74, 6) is -1.65. The normalized spacial score (nSPS) is 10.6. The number of nitrogens with two attached hydrogens (primary N) is 1. The molecule has 166 valence electrons. The number of H-pyrrole nitrogens is 1. The third-order valence-corrected chi connectivity index (χ3v) is 4.78. The molecule has 0 spiro atoms. The first-order valence-corrected chi connectivity index (χ1v) is 9.95. The monoisotopic (exact) mass is 457 g/mol. The van der Waals surface area contributed by atoms with Crippen LogP contribution in [0.3, 0.4) is 0 Å². The van der Waals surface area contributed by atoms with Crippen LogP contribution in [-0.2, 0) is 16.1 Å². The number of likely N-dealkylation sites (N-methyl/N-ethyl adjacent to an activating group) is 1. The van der Waals surface area contributed by atoms with Crippen molar-refractivity contribution in [3.05, 3.63) is 85.8 Å². The topological polar surface area (TPSA) is 140 Å². The van der Waals surface area contributed by atoms with Crippen molar-refractivity contribution in [2.75, 3.05) is 23.8 Å². The summed E-state index contributed by atoms with van der Waals surface area (Å²) in [6, 6.07) is 11.7. The number of ether oxygens (including phenoxy) is 1. The van der Waals surface area contributed by atoms with Crippen LogP contribution in [0.1, 0.15) is 22.8 Å². The number of carbonyl (C=O) groups is 2. The van der Waals surface area contributed by atoms with Crippen LogP contribution in [0.25, 0.3) is 0 Å². The summed E-state index contributed by atoms with van der Waals surface area (Å²) in [7, 11) is 0. The lowest BCUT2D eigenvalue weighted by molar-refractivity contribution is -0.121. The zero-order chi connectivity index (χ0) is 23.3. The van der Waals surface area contributed by atoms with E-state index in [1.807, 2.05) is 6.07 Å². The fourth-order valence-corrected chi connectivity index (χ4v) is 3.21. The molecular formula is C21H20ClN5O5. The summed E-state index contributed by atoms with van der Waals surface area (Å²) in [4.78, 5) is 56.8. The fourth-order valence-electron chi connectivity index (χ4n) is 3.04. The van der Waals surface area contributed by atoms with Crippen molar-refractivity contribution in [2.45, 2.75) is 13.5 Å². The van der Waals surface area contributed by atoms with Gasteiger partial charge in [-0.25, -0.2) is 14.6 Å². The SMILES string of the molecule is CCN(C(=O)COC(=O)c1ccnc(Cl)c1)c1c(N)n(Cc2ccccc2)c(=O)[nH]c1=O. The summed E-state index contributed by atoms with van der Waals surface area (Å²) in [6.07, 6.45) is 1.33. The highest BCUT2D eigenvalue weighted by atomic mass is 35.5. The number of amides is 1. The van der Waals surface area contributed by atoms with E-state index in [2.05, 4.69) is 9.97 Å². The number of nitrogens with zero attached hydrogens (tertiary/aromatic N) is 3. The summed E-state index contributed by atoms with van der Waals surface area (Å²) in [5.41, 5.74) is 5.30. The van der Waals surface area contributed by atoms with Crippen LogP contribution in [0.5, 0.6) is 0 Å². The Morgan fingerprint density at radius 3 is 2.59 bits per heavy atom. The number of anilines is 2. The number of aromatic nitrogens is 3. The van der Waals surface area contributed by atoms with E-state index in [0.717, 1.165) is 15.0 Å². The number of esters is 1. The van der Waals surface area contributed by atoms with Crippen LogP contribution in [-0.4, -0.2) is 39.6 Å². The molecule has 0 aliphatic heterocycles. The Balaban J connectivity index is 1.85. The predicted octanol–water partition coefficient (Wildman–Crippen LogP) is 1.43. The van der Waals surface area contributed by atoms with Gasteiger partial charge in [0.25, 0.3) is 11.5 Å². The molecule has 32 heavy (non-hydrogen) atoms. The average molecular weight is 458 g/mol. The quantitative estimate of drug-likeness (QED) is 0.404. The van der Waals surface area contributed by atoms with E-state index in [1.165, 1.54) is 18.3 Å². The van der Waals surface area contributed by atoms with Gasteiger partial charge in [-0.15, -0.1) is 0 Å². The van der Waals surface area contributed by atoms with Crippen LogP contribution < -0.4 is 21.9 Å². The van der Waals surface area contributed by atoms with Crippen molar-refractivity contribution in [2.24, 2.45) is 0 Å². The molecule has 3 N–H and O–H groups in total. The highest BCUT2D eigenvalue weighted by Gasteiger charge is 2.24. The number of benzene rings is 1. The van der Waals surface area contributed by atoms with Crippen molar-refractivity contribution in [3.8, 4) is 0 Å². The number of carbonyl (C=O) groups excluding carboxylic acids is 2. The minimum atomic E-state index is -0.820. The van der Waals surface area contributed by atoms with Gasteiger partial charge in [0.2, 0.25) is 0 Å². The number of halogens is 1. The molecule has 0 saturated heterocycles.